The monoisotopic (exact) mass is 318 g/mol. The summed E-state index contributed by atoms with van der Waals surface area (Å²) in [6, 6.07) is 5.20. The van der Waals surface area contributed by atoms with Crippen LogP contribution in [0.2, 0.25) is 0 Å². The standard InChI is InChI=1S/C13H13F3N2O2S/c1-12(2,3)20-11(19)18-10-5-4-9(6-8(10)7-17)21-13(14,15)16/h4-6H,1-3H3,(H,18,19). The van der Waals surface area contributed by atoms with Gasteiger partial charge in [0, 0.05) is 4.90 Å². The summed E-state index contributed by atoms with van der Waals surface area (Å²) in [4.78, 5) is 11.5. The summed E-state index contributed by atoms with van der Waals surface area (Å²) in [5.74, 6) is 0. The fraction of sp³-hybridized carbons (Fsp3) is 0.385. The van der Waals surface area contributed by atoms with Gasteiger partial charge in [-0.1, -0.05) is 0 Å². The molecule has 1 rings (SSSR count). The van der Waals surface area contributed by atoms with Crippen molar-refractivity contribution in [1.82, 2.24) is 0 Å². The van der Waals surface area contributed by atoms with E-state index in [1.165, 1.54) is 12.1 Å². The van der Waals surface area contributed by atoms with E-state index in [0.717, 1.165) is 6.07 Å². The lowest BCUT2D eigenvalue weighted by Crippen LogP contribution is -2.27. The zero-order valence-corrected chi connectivity index (χ0v) is 12.4. The minimum absolute atomic E-state index is 0.0740. The summed E-state index contributed by atoms with van der Waals surface area (Å²) < 4.78 is 41.8. The number of hydrogen-bond donors (Lipinski definition) is 1. The van der Waals surface area contributed by atoms with Crippen LogP contribution in [0.4, 0.5) is 23.7 Å². The first-order valence-electron chi connectivity index (χ1n) is 5.80. The van der Waals surface area contributed by atoms with E-state index in [0.29, 0.717) is 0 Å². The second-order valence-corrected chi connectivity index (χ2v) is 6.13. The Bertz CT molecular complexity index is 574. The first-order valence-corrected chi connectivity index (χ1v) is 6.62. The molecule has 0 atom stereocenters. The van der Waals surface area contributed by atoms with Crippen LogP contribution in [0.25, 0.3) is 0 Å². The molecular weight excluding hydrogens is 305 g/mol. The number of carbonyl (C=O) groups excluding carboxylic acids is 1. The average Bonchev–Trinajstić information content (AvgIpc) is 2.26. The minimum Gasteiger partial charge on any atom is -0.444 e. The van der Waals surface area contributed by atoms with Crippen molar-refractivity contribution in [3.8, 4) is 6.07 Å². The third-order valence-electron chi connectivity index (χ3n) is 1.98. The number of halogens is 3. The van der Waals surface area contributed by atoms with Gasteiger partial charge in [0.25, 0.3) is 0 Å². The maximum atomic E-state index is 12.3. The SMILES string of the molecule is CC(C)(C)OC(=O)Nc1ccc(SC(F)(F)F)cc1C#N. The molecule has 4 nitrogen and oxygen atoms in total. The van der Waals surface area contributed by atoms with Crippen molar-refractivity contribution in [2.45, 2.75) is 36.8 Å². The summed E-state index contributed by atoms with van der Waals surface area (Å²) in [7, 11) is 0. The van der Waals surface area contributed by atoms with Gasteiger partial charge < -0.3 is 4.74 Å². The summed E-state index contributed by atoms with van der Waals surface area (Å²) in [5.41, 5.74) is -5.14. The van der Waals surface area contributed by atoms with Crippen LogP contribution < -0.4 is 5.32 Å². The van der Waals surface area contributed by atoms with E-state index < -0.39 is 17.2 Å². The molecule has 114 valence electrons. The van der Waals surface area contributed by atoms with Crippen LogP contribution in [0.3, 0.4) is 0 Å². The number of amides is 1. The van der Waals surface area contributed by atoms with E-state index in [9.17, 15) is 18.0 Å². The number of benzene rings is 1. The zero-order chi connectivity index (χ0) is 16.3. The normalized spacial score (nSPS) is 11.7. The van der Waals surface area contributed by atoms with E-state index in [1.807, 2.05) is 0 Å². The highest BCUT2D eigenvalue weighted by Crippen LogP contribution is 2.37. The number of alkyl halides is 3. The molecule has 1 amide bonds. The van der Waals surface area contributed by atoms with Gasteiger partial charge >= 0.3 is 11.6 Å². The van der Waals surface area contributed by atoms with Gasteiger partial charge in [-0.2, -0.15) is 18.4 Å². The summed E-state index contributed by atoms with van der Waals surface area (Å²) >= 11 is -0.327. The molecule has 0 saturated carbocycles. The van der Waals surface area contributed by atoms with Gasteiger partial charge in [-0.25, -0.2) is 4.79 Å². The fourth-order valence-corrected chi connectivity index (χ4v) is 1.92. The van der Waals surface area contributed by atoms with E-state index >= 15 is 0 Å². The molecule has 1 aromatic carbocycles. The van der Waals surface area contributed by atoms with Crippen LogP contribution >= 0.6 is 11.8 Å². The molecule has 0 saturated heterocycles. The van der Waals surface area contributed by atoms with Crippen molar-refractivity contribution >= 4 is 23.5 Å². The number of ether oxygens (including phenoxy) is 1. The quantitative estimate of drug-likeness (QED) is 0.815. The van der Waals surface area contributed by atoms with E-state index in [-0.39, 0.29) is 27.9 Å². The van der Waals surface area contributed by atoms with Gasteiger partial charge in [-0.15, -0.1) is 0 Å². The van der Waals surface area contributed by atoms with E-state index in [1.54, 1.807) is 26.8 Å². The van der Waals surface area contributed by atoms with Crippen LogP contribution in [0.5, 0.6) is 0 Å². The lowest BCUT2D eigenvalue weighted by atomic mass is 10.2. The van der Waals surface area contributed by atoms with Gasteiger partial charge in [0.2, 0.25) is 0 Å². The Labute approximate surface area is 124 Å². The number of hydrogen-bond acceptors (Lipinski definition) is 4. The van der Waals surface area contributed by atoms with Gasteiger partial charge in [-0.3, -0.25) is 5.32 Å². The Kier molecular flexibility index (Phi) is 5.12. The Morgan fingerprint density at radius 3 is 2.43 bits per heavy atom. The smallest absolute Gasteiger partial charge is 0.444 e. The summed E-state index contributed by atoms with van der Waals surface area (Å²) in [6.07, 6.45) is -0.782. The molecule has 0 fully saturated rings. The van der Waals surface area contributed by atoms with E-state index in [4.69, 9.17) is 10.00 Å². The van der Waals surface area contributed by atoms with Gasteiger partial charge in [0.05, 0.1) is 11.3 Å². The maximum absolute atomic E-state index is 12.3. The predicted octanol–water partition coefficient (Wildman–Crippen LogP) is 4.52. The Morgan fingerprint density at radius 1 is 1.33 bits per heavy atom. The molecule has 1 N–H and O–H groups in total. The number of nitrogens with zero attached hydrogens (tertiary/aromatic N) is 1. The van der Waals surface area contributed by atoms with Gasteiger partial charge in [-0.05, 0) is 50.7 Å². The van der Waals surface area contributed by atoms with E-state index in [2.05, 4.69) is 5.32 Å². The maximum Gasteiger partial charge on any atom is 0.446 e. The first-order chi connectivity index (χ1) is 9.50. The zero-order valence-electron chi connectivity index (χ0n) is 11.5. The topological polar surface area (TPSA) is 62.1 Å². The molecule has 0 bridgehead atoms. The summed E-state index contributed by atoms with van der Waals surface area (Å²) in [5, 5.41) is 11.3. The third-order valence-corrected chi connectivity index (χ3v) is 2.70. The Hall–Kier alpha value is -1.88. The van der Waals surface area contributed by atoms with Gasteiger partial charge in [0.15, 0.2) is 0 Å². The first kappa shape index (κ1) is 17.2. The second kappa shape index (κ2) is 6.26. The van der Waals surface area contributed by atoms with Crippen LogP contribution in [-0.4, -0.2) is 17.2 Å². The second-order valence-electron chi connectivity index (χ2n) is 4.99. The van der Waals surface area contributed by atoms with Gasteiger partial charge in [0.1, 0.15) is 11.7 Å². The molecule has 0 aliphatic carbocycles. The molecule has 0 spiro atoms. The molecule has 8 heteroatoms. The number of nitriles is 1. The Balaban J connectivity index is 2.90. The van der Waals surface area contributed by atoms with Crippen LogP contribution in [0.15, 0.2) is 23.1 Å². The molecular formula is C13H13F3N2O2S. The Morgan fingerprint density at radius 2 is 1.95 bits per heavy atom. The number of carbonyl (C=O) groups is 1. The summed E-state index contributed by atoms with van der Waals surface area (Å²) in [6.45, 7) is 5.00. The molecule has 0 unspecified atom stereocenters. The molecule has 0 radical (unpaired) electrons. The molecule has 0 aliphatic heterocycles. The highest BCUT2D eigenvalue weighted by Gasteiger charge is 2.29. The predicted molar refractivity (Wildman–Crippen MR) is 72.9 cm³/mol. The van der Waals surface area contributed by atoms with Crippen LogP contribution in [0.1, 0.15) is 26.3 Å². The fourth-order valence-electron chi connectivity index (χ4n) is 1.34. The number of anilines is 1. The van der Waals surface area contributed by atoms with Crippen molar-refractivity contribution in [1.29, 1.82) is 5.26 Å². The van der Waals surface area contributed by atoms with Crippen LogP contribution in [-0.2, 0) is 4.74 Å². The minimum atomic E-state index is -4.44. The highest BCUT2D eigenvalue weighted by atomic mass is 32.2. The third kappa shape index (κ3) is 6.40. The molecule has 21 heavy (non-hydrogen) atoms. The molecule has 0 heterocycles. The van der Waals surface area contributed by atoms with Crippen molar-refractivity contribution in [2.24, 2.45) is 0 Å². The molecule has 1 aromatic rings. The lowest BCUT2D eigenvalue weighted by Gasteiger charge is -2.20. The molecule has 0 aromatic heterocycles. The number of nitrogens with one attached hydrogen (secondary N) is 1. The van der Waals surface area contributed by atoms with Crippen molar-refractivity contribution in [2.75, 3.05) is 5.32 Å². The molecule has 0 aliphatic rings. The van der Waals surface area contributed by atoms with Crippen molar-refractivity contribution < 1.29 is 22.7 Å². The van der Waals surface area contributed by atoms with Crippen molar-refractivity contribution in [3.05, 3.63) is 23.8 Å². The van der Waals surface area contributed by atoms with Crippen molar-refractivity contribution in [3.63, 3.8) is 0 Å². The number of rotatable bonds is 2. The largest absolute Gasteiger partial charge is 0.446 e. The average molecular weight is 318 g/mol. The lowest BCUT2D eigenvalue weighted by molar-refractivity contribution is -0.0328. The number of thioether (sulfide) groups is 1. The highest BCUT2D eigenvalue weighted by molar-refractivity contribution is 8.00. The van der Waals surface area contributed by atoms with Crippen LogP contribution in [0, 0.1) is 11.3 Å².